The van der Waals surface area contributed by atoms with Crippen molar-refractivity contribution >= 4 is 5.57 Å². The standard InChI is InChI=1S/C19H26O3/c1-4-5-8-15-22-18-10-7-6-9-17(18)16-11-13-19(20-2,21-3)14-12-16/h6-7,9-13H,4-5,8,14-15H2,1-3H3. The molecule has 0 radical (unpaired) electrons. The zero-order chi connectivity index (χ0) is 15.8. The van der Waals surface area contributed by atoms with E-state index in [0.717, 1.165) is 29.9 Å². The van der Waals surface area contributed by atoms with E-state index in [2.05, 4.69) is 19.1 Å². The molecule has 3 heteroatoms. The smallest absolute Gasteiger partial charge is 0.190 e. The predicted octanol–water partition coefficient (Wildman–Crippen LogP) is 4.59. The molecule has 0 spiro atoms. The Morgan fingerprint density at radius 2 is 1.86 bits per heavy atom. The highest BCUT2D eigenvalue weighted by molar-refractivity contribution is 5.78. The van der Waals surface area contributed by atoms with Gasteiger partial charge in [-0.25, -0.2) is 0 Å². The Morgan fingerprint density at radius 3 is 2.50 bits per heavy atom. The molecule has 0 bridgehead atoms. The van der Waals surface area contributed by atoms with E-state index in [4.69, 9.17) is 14.2 Å². The van der Waals surface area contributed by atoms with Crippen LogP contribution in [-0.4, -0.2) is 26.6 Å². The number of hydrogen-bond acceptors (Lipinski definition) is 3. The van der Waals surface area contributed by atoms with Crippen LogP contribution >= 0.6 is 0 Å². The Hall–Kier alpha value is -1.58. The van der Waals surface area contributed by atoms with Crippen LogP contribution in [0.3, 0.4) is 0 Å². The highest BCUT2D eigenvalue weighted by atomic mass is 16.7. The lowest BCUT2D eigenvalue weighted by atomic mass is 9.95. The van der Waals surface area contributed by atoms with E-state index in [0.29, 0.717) is 6.42 Å². The van der Waals surface area contributed by atoms with E-state index >= 15 is 0 Å². The number of benzene rings is 1. The lowest BCUT2D eigenvalue weighted by molar-refractivity contribution is -0.167. The van der Waals surface area contributed by atoms with Gasteiger partial charge in [-0.1, -0.05) is 50.1 Å². The van der Waals surface area contributed by atoms with Crippen molar-refractivity contribution in [3.8, 4) is 5.75 Å². The first kappa shape index (κ1) is 16.8. The fourth-order valence-electron chi connectivity index (χ4n) is 2.56. The van der Waals surface area contributed by atoms with E-state index in [1.807, 2.05) is 30.4 Å². The third kappa shape index (κ3) is 3.99. The topological polar surface area (TPSA) is 27.7 Å². The Balaban J connectivity index is 2.10. The van der Waals surface area contributed by atoms with Crippen LogP contribution in [0.2, 0.25) is 0 Å². The summed E-state index contributed by atoms with van der Waals surface area (Å²) in [6.45, 7) is 2.96. The second-order valence-corrected chi connectivity index (χ2v) is 5.47. The molecule has 1 aliphatic rings. The van der Waals surface area contributed by atoms with E-state index in [9.17, 15) is 0 Å². The third-order valence-corrected chi connectivity index (χ3v) is 4.02. The van der Waals surface area contributed by atoms with Gasteiger partial charge >= 0.3 is 0 Å². The van der Waals surface area contributed by atoms with Crippen molar-refractivity contribution in [2.45, 2.75) is 38.4 Å². The van der Waals surface area contributed by atoms with Crippen molar-refractivity contribution < 1.29 is 14.2 Å². The molecule has 0 atom stereocenters. The summed E-state index contributed by atoms with van der Waals surface area (Å²) in [6.07, 6.45) is 10.3. The Morgan fingerprint density at radius 1 is 1.09 bits per heavy atom. The summed E-state index contributed by atoms with van der Waals surface area (Å²) in [6, 6.07) is 8.18. The second kappa shape index (κ2) is 8.16. The molecule has 3 nitrogen and oxygen atoms in total. The van der Waals surface area contributed by atoms with Crippen LogP contribution in [0, 0.1) is 0 Å². The van der Waals surface area contributed by atoms with E-state index < -0.39 is 5.79 Å². The number of para-hydroxylation sites is 1. The minimum atomic E-state index is -0.638. The number of hydrogen-bond donors (Lipinski definition) is 0. The zero-order valence-electron chi connectivity index (χ0n) is 13.8. The monoisotopic (exact) mass is 302 g/mol. The molecule has 22 heavy (non-hydrogen) atoms. The molecule has 0 amide bonds. The first-order valence-corrected chi connectivity index (χ1v) is 7.96. The molecule has 2 rings (SSSR count). The maximum Gasteiger partial charge on any atom is 0.190 e. The summed E-state index contributed by atoms with van der Waals surface area (Å²) in [5.74, 6) is 0.303. The molecular formula is C19H26O3. The van der Waals surface area contributed by atoms with E-state index in [-0.39, 0.29) is 0 Å². The van der Waals surface area contributed by atoms with Gasteiger partial charge in [0.25, 0.3) is 0 Å². The van der Waals surface area contributed by atoms with Gasteiger partial charge in [0.05, 0.1) is 6.61 Å². The van der Waals surface area contributed by atoms with Gasteiger partial charge in [0.1, 0.15) is 5.75 Å². The fourth-order valence-corrected chi connectivity index (χ4v) is 2.56. The molecule has 0 saturated heterocycles. The van der Waals surface area contributed by atoms with Crippen LogP contribution in [0.15, 0.2) is 42.5 Å². The van der Waals surface area contributed by atoms with Crippen LogP contribution in [0.1, 0.15) is 38.2 Å². The normalized spacial score (nSPS) is 16.4. The van der Waals surface area contributed by atoms with Crippen molar-refractivity contribution in [2.24, 2.45) is 0 Å². The van der Waals surface area contributed by atoms with Gasteiger partial charge in [-0.05, 0) is 24.1 Å². The van der Waals surface area contributed by atoms with Crippen molar-refractivity contribution in [1.29, 1.82) is 0 Å². The van der Waals surface area contributed by atoms with Gasteiger partial charge in [0.15, 0.2) is 5.79 Å². The van der Waals surface area contributed by atoms with Crippen molar-refractivity contribution in [3.63, 3.8) is 0 Å². The summed E-state index contributed by atoms with van der Waals surface area (Å²) >= 11 is 0. The van der Waals surface area contributed by atoms with Gasteiger partial charge in [0, 0.05) is 26.2 Å². The Labute approximate surface area is 133 Å². The number of rotatable bonds is 8. The molecule has 0 saturated carbocycles. The highest BCUT2D eigenvalue weighted by Gasteiger charge is 2.27. The summed E-state index contributed by atoms with van der Waals surface area (Å²) < 4.78 is 16.9. The second-order valence-electron chi connectivity index (χ2n) is 5.47. The maximum absolute atomic E-state index is 5.96. The molecular weight excluding hydrogens is 276 g/mol. The van der Waals surface area contributed by atoms with Gasteiger partial charge in [0.2, 0.25) is 0 Å². The summed E-state index contributed by atoms with van der Waals surface area (Å²) in [5, 5.41) is 0. The molecule has 1 aromatic rings. The maximum atomic E-state index is 5.96. The zero-order valence-corrected chi connectivity index (χ0v) is 13.8. The number of unbranched alkanes of at least 4 members (excludes halogenated alkanes) is 2. The molecule has 1 aromatic carbocycles. The summed E-state index contributed by atoms with van der Waals surface area (Å²) in [5.41, 5.74) is 2.27. The minimum Gasteiger partial charge on any atom is -0.493 e. The molecule has 0 aromatic heterocycles. The first-order chi connectivity index (χ1) is 10.7. The molecule has 0 heterocycles. The number of methoxy groups -OCH3 is 2. The van der Waals surface area contributed by atoms with E-state index in [1.165, 1.54) is 12.8 Å². The van der Waals surface area contributed by atoms with Crippen LogP contribution in [0.25, 0.3) is 5.57 Å². The highest BCUT2D eigenvalue weighted by Crippen LogP contribution is 2.33. The molecule has 0 N–H and O–H groups in total. The predicted molar refractivity (Wildman–Crippen MR) is 89.9 cm³/mol. The lowest BCUT2D eigenvalue weighted by Crippen LogP contribution is -2.31. The fraction of sp³-hybridized carbons (Fsp3) is 0.474. The van der Waals surface area contributed by atoms with E-state index in [1.54, 1.807) is 14.2 Å². The van der Waals surface area contributed by atoms with Gasteiger partial charge in [-0.2, -0.15) is 0 Å². The van der Waals surface area contributed by atoms with Gasteiger partial charge in [-0.3, -0.25) is 0 Å². The van der Waals surface area contributed by atoms with Crippen LogP contribution in [0.4, 0.5) is 0 Å². The van der Waals surface area contributed by atoms with Crippen LogP contribution in [0.5, 0.6) is 5.75 Å². The number of ether oxygens (including phenoxy) is 3. The Kier molecular flexibility index (Phi) is 6.22. The lowest BCUT2D eigenvalue weighted by Gasteiger charge is -2.29. The van der Waals surface area contributed by atoms with Crippen LogP contribution < -0.4 is 4.74 Å². The van der Waals surface area contributed by atoms with Crippen molar-refractivity contribution in [3.05, 3.63) is 48.1 Å². The largest absolute Gasteiger partial charge is 0.493 e. The molecule has 120 valence electrons. The minimum absolute atomic E-state index is 0.638. The summed E-state index contributed by atoms with van der Waals surface area (Å²) in [7, 11) is 3.33. The molecule has 0 unspecified atom stereocenters. The van der Waals surface area contributed by atoms with Gasteiger partial charge in [-0.15, -0.1) is 0 Å². The van der Waals surface area contributed by atoms with Crippen molar-refractivity contribution in [1.82, 2.24) is 0 Å². The third-order valence-electron chi connectivity index (χ3n) is 4.02. The SMILES string of the molecule is CCCCCOc1ccccc1C1=CCC(OC)(OC)C=C1. The molecule has 0 aliphatic heterocycles. The average Bonchev–Trinajstić information content (AvgIpc) is 2.59. The summed E-state index contributed by atoms with van der Waals surface area (Å²) in [4.78, 5) is 0. The Bertz CT molecular complexity index is 527. The first-order valence-electron chi connectivity index (χ1n) is 7.96. The van der Waals surface area contributed by atoms with Crippen LogP contribution in [-0.2, 0) is 9.47 Å². The quantitative estimate of drug-likeness (QED) is 0.519. The average molecular weight is 302 g/mol. The number of allylic oxidation sites excluding steroid dienone is 2. The molecule has 0 fully saturated rings. The van der Waals surface area contributed by atoms with Crippen molar-refractivity contribution in [2.75, 3.05) is 20.8 Å². The molecule has 1 aliphatic carbocycles. The van der Waals surface area contributed by atoms with Gasteiger partial charge < -0.3 is 14.2 Å².